The first-order chi connectivity index (χ1) is 8.68. The summed E-state index contributed by atoms with van der Waals surface area (Å²) in [4.78, 5) is 14.6. The Morgan fingerprint density at radius 1 is 1.15 bits per heavy atom. The molecule has 1 amide bonds. The Hall–Kier alpha value is -0.0300. The standard InChI is InChI=1S/C14H29N3O.2ClH/c1-3-14(4-2,12-15)13(18)16-8-11-17-9-6-5-7-10-17;;/h3-12,15H2,1-2H3,(H,16,18);2*1H. The van der Waals surface area contributed by atoms with Crippen LogP contribution in [-0.2, 0) is 4.79 Å². The molecule has 4 nitrogen and oxygen atoms in total. The molecule has 0 aromatic rings. The van der Waals surface area contributed by atoms with E-state index in [2.05, 4.69) is 10.2 Å². The number of halogens is 2. The van der Waals surface area contributed by atoms with Crippen LogP contribution in [0.2, 0.25) is 0 Å². The second-order valence-corrected chi connectivity index (χ2v) is 5.35. The Balaban J connectivity index is 0. The largest absolute Gasteiger partial charge is 0.354 e. The number of hydrogen-bond acceptors (Lipinski definition) is 3. The van der Waals surface area contributed by atoms with E-state index in [0.29, 0.717) is 6.54 Å². The highest BCUT2D eigenvalue weighted by Gasteiger charge is 2.32. The molecule has 1 aliphatic rings. The van der Waals surface area contributed by atoms with Gasteiger partial charge in [-0.25, -0.2) is 0 Å². The van der Waals surface area contributed by atoms with Gasteiger partial charge in [-0.3, -0.25) is 4.79 Å². The lowest BCUT2D eigenvalue weighted by Gasteiger charge is -2.30. The summed E-state index contributed by atoms with van der Waals surface area (Å²) in [5.41, 5.74) is 5.41. The lowest BCUT2D eigenvalue weighted by molar-refractivity contribution is -0.131. The maximum absolute atomic E-state index is 12.2. The van der Waals surface area contributed by atoms with Crippen molar-refractivity contribution in [2.45, 2.75) is 46.0 Å². The SMILES string of the molecule is CCC(CC)(CN)C(=O)NCCN1CCCCC1.Cl.Cl. The van der Waals surface area contributed by atoms with Crippen molar-refractivity contribution in [3.8, 4) is 0 Å². The van der Waals surface area contributed by atoms with Gasteiger partial charge < -0.3 is 16.0 Å². The minimum Gasteiger partial charge on any atom is -0.354 e. The second-order valence-electron chi connectivity index (χ2n) is 5.35. The van der Waals surface area contributed by atoms with Crippen molar-refractivity contribution in [1.82, 2.24) is 10.2 Å². The summed E-state index contributed by atoms with van der Waals surface area (Å²) < 4.78 is 0. The van der Waals surface area contributed by atoms with E-state index in [9.17, 15) is 4.79 Å². The van der Waals surface area contributed by atoms with Crippen molar-refractivity contribution in [1.29, 1.82) is 0 Å². The fourth-order valence-electron chi connectivity index (χ4n) is 2.65. The summed E-state index contributed by atoms with van der Waals surface area (Å²) in [5, 5.41) is 3.06. The van der Waals surface area contributed by atoms with Crippen molar-refractivity contribution >= 4 is 30.7 Å². The number of rotatable bonds is 7. The van der Waals surface area contributed by atoms with Crippen LogP contribution in [0.5, 0.6) is 0 Å². The fraction of sp³-hybridized carbons (Fsp3) is 0.929. The first-order valence-electron chi connectivity index (χ1n) is 7.39. The zero-order valence-corrected chi connectivity index (χ0v) is 14.5. The molecule has 1 fully saturated rings. The number of carbonyl (C=O) groups excluding carboxylic acids is 1. The van der Waals surface area contributed by atoms with E-state index >= 15 is 0 Å². The van der Waals surface area contributed by atoms with Crippen LogP contribution >= 0.6 is 24.8 Å². The Morgan fingerprint density at radius 2 is 1.70 bits per heavy atom. The lowest BCUT2D eigenvalue weighted by atomic mass is 9.81. The van der Waals surface area contributed by atoms with Gasteiger partial charge in [-0.1, -0.05) is 20.3 Å². The van der Waals surface area contributed by atoms with E-state index in [1.165, 1.54) is 32.4 Å². The maximum Gasteiger partial charge on any atom is 0.227 e. The van der Waals surface area contributed by atoms with Gasteiger partial charge >= 0.3 is 0 Å². The highest BCUT2D eigenvalue weighted by molar-refractivity contribution is 5.85. The third-order valence-electron chi connectivity index (χ3n) is 4.39. The number of hydrogen-bond donors (Lipinski definition) is 2. The minimum atomic E-state index is -0.359. The molecule has 3 N–H and O–H groups in total. The number of likely N-dealkylation sites (tertiary alicyclic amines) is 1. The van der Waals surface area contributed by atoms with E-state index in [1.54, 1.807) is 0 Å². The summed E-state index contributed by atoms with van der Waals surface area (Å²) in [6.45, 7) is 8.61. The summed E-state index contributed by atoms with van der Waals surface area (Å²) >= 11 is 0. The molecule has 0 atom stereocenters. The van der Waals surface area contributed by atoms with Gasteiger partial charge in [-0.05, 0) is 38.8 Å². The summed E-state index contributed by atoms with van der Waals surface area (Å²) in [5.74, 6) is 0.131. The number of nitrogens with zero attached hydrogens (tertiary/aromatic N) is 1. The average Bonchev–Trinajstić information content (AvgIpc) is 2.42. The quantitative estimate of drug-likeness (QED) is 0.753. The Bertz CT molecular complexity index is 247. The highest BCUT2D eigenvalue weighted by atomic mass is 35.5. The third kappa shape index (κ3) is 6.17. The molecule has 122 valence electrons. The number of nitrogens with one attached hydrogen (secondary N) is 1. The smallest absolute Gasteiger partial charge is 0.227 e. The van der Waals surface area contributed by atoms with Crippen molar-refractivity contribution in [3.63, 3.8) is 0 Å². The van der Waals surface area contributed by atoms with Crippen LogP contribution in [0.3, 0.4) is 0 Å². The van der Waals surface area contributed by atoms with Crippen LogP contribution < -0.4 is 11.1 Å². The molecule has 0 spiro atoms. The molecule has 0 aliphatic carbocycles. The average molecular weight is 328 g/mol. The van der Waals surface area contributed by atoms with Gasteiger partial charge in [0.2, 0.25) is 5.91 Å². The first kappa shape index (κ1) is 22.3. The third-order valence-corrected chi connectivity index (χ3v) is 4.39. The number of nitrogens with two attached hydrogens (primary N) is 1. The zero-order valence-electron chi connectivity index (χ0n) is 12.8. The number of piperidine rings is 1. The minimum absolute atomic E-state index is 0. The Kier molecular flexibility index (Phi) is 12.9. The van der Waals surface area contributed by atoms with Crippen LogP contribution in [-0.4, -0.2) is 43.5 Å². The molecule has 0 aromatic heterocycles. The molecule has 0 bridgehead atoms. The van der Waals surface area contributed by atoms with Crippen LogP contribution in [0.25, 0.3) is 0 Å². The van der Waals surface area contributed by atoms with Gasteiger partial charge in [-0.2, -0.15) is 0 Å². The van der Waals surface area contributed by atoms with Crippen LogP contribution in [0, 0.1) is 5.41 Å². The molecule has 0 radical (unpaired) electrons. The monoisotopic (exact) mass is 327 g/mol. The number of carbonyl (C=O) groups is 1. The maximum atomic E-state index is 12.2. The highest BCUT2D eigenvalue weighted by Crippen LogP contribution is 2.24. The van der Waals surface area contributed by atoms with E-state index in [1.807, 2.05) is 13.8 Å². The van der Waals surface area contributed by atoms with Crippen molar-refractivity contribution in [2.75, 3.05) is 32.7 Å². The normalized spacial score (nSPS) is 15.9. The van der Waals surface area contributed by atoms with Gasteiger partial charge in [0.1, 0.15) is 0 Å². The molecule has 6 heteroatoms. The second kappa shape index (κ2) is 11.6. The van der Waals surface area contributed by atoms with Crippen LogP contribution in [0.1, 0.15) is 46.0 Å². The number of amides is 1. The molecule has 1 aliphatic heterocycles. The van der Waals surface area contributed by atoms with Gasteiger partial charge in [0, 0.05) is 19.6 Å². The van der Waals surface area contributed by atoms with Gasteiger partial charge in [0.15, 0.2) is 0 Å². The molecular weight excluding hydrogens is 297 g/mol. The Labute approximate surface area is 136 Å². The van der Waals surface area contributed by atoms with Crippen molar-refractivity contribution in [3.05, 3.63) is 0 Å². The predicted molar refractivity (Wildman–Crippen MR) is 89.9 cm³/mol. The van der Waals surface area contributed by atoms with E-state index < -0.39 is 0 Å². The predicted octanol–water partition coefficient (Wildman–Crippen LogP) is 2.20. The summed E-state index contributed by atoms with van der Waals surface area (Å²) in [7, 11) is 0. The first-order valence-corrected chi connectivity index (χ1v) is 7.39. The summed E-state index contributed by atoms with van der Waals surface area (Å²) in [6, 6.07) is 0. The molecule has 0 aromatic carbocycles. The molecule has 20 heavy (non-hydrogen) atoms. The van der Waals surface area contributed by atoms with Crippen molar-refractivity contribution < 1.29 is 4.79 Å². The van der Waals surface area contributed by atoms with Gasteiger partial charge in [0.25, 0.3) is 0 Å². The molecular formula is C14H31Cl2N3O. The van der Waals surface area contributed by atoms with E-state index in [-0.39, 0.29) is 36.1 Å². The zero-order chi connectivity index (χ0) is 13.4. The molecule has 0 saturated carbocycles. The van der Waals surface area contributed by atoms with Crippen LogP contribution in [0.15, 0.2) is 0 Å². The molecule has 1 heterocycles. The van der Waals surface area contributed by atoms with E-state index in [4.69, 9.17) is 5.73 Å². The lowest BCUT2D eigenvalue weighted by Crippen LogP contribution is -2.47. The summed E-state index contributed by atoms with van der Waals surface area (Å²) in [6.07, 6.45) is 5.57. The van der Waals surface area contributed by atoms with Gasteiger partial charge in [-0.15, -0.1) is 24.8 Å². The molecule has 1 saturated heterocycles. The Morgan fingerprint density at radius 3 is 2.15 bits per heavy atom. The molecule has 0 unspecified atom stereocenters. The van der Waals surface area contributed by atoms with E-state index in [0.717, 1.165) is 25.9 Å². The topological polar surface area (TPSA) is 58.4 Å². The molecule has 1 rings (SSSR count). The fourth-order valence-corrected chi connectivity index (χ4v) is 2.65. The van der Waals surface area contributed by atoms with Crippen LogP contribution in [0.4, 0.5) is 0 Å². The van der Waals surface area contributed by atoms with Gasteiger partial charge in [0.05, 0.1) is 5.41 Å². The van der Waals surface area contributed by atoms with Crippen molar-refractivity contribution in [2.24, 2.45) is 11.1 Å².